The summed E-state index contributed by atoms with van der Waals surface area (Å²) in [5, 5.41) is 0. The largest absolute Gasteiger partial charge is 0.378 e. The normalized spacial score (nSPS) is 16.9. The summed E-state index contributed by atoms with van der Waals surface area (Å²) in [4.78, 5) is 14.2. The molecule has 27 heavy (non-hydrogen) atoms. The van der Waals surface area contributed by atoms with Crippen LogP contribution in [0, 0.1) is 6.92 Å². The first-order valence-electron chi connectivity index (χ1n) is 8.91. The maximum Gasteiger partial charge on any atom is 0.244 e. The lowest BCUT2D eigenvalue weighted by Gasteiger charge is -2.35. The summed E-state index contributed by atoms with van der Waals surface area (Å²) in [7, 11) is -3.37. The van der Waals surface area contributed by atoms with Crippen LogP contribution in [0.1, 0.15) is 31.0 Å². The lowest BCUT2D eigenvalue weighted by atomic mass is 10.0. The van der Waals surface area contributed by atoms with Crippen LogP contribution in [-0.2, 0) is 19.6 Å². The average Bonchev–Trinajstić information content (AvgIpc) is 2.61. The molecule has 1 unspecified atom stereocenters. The molecule has 1 amide bonds. The van der Waals surface area contributed by atoms with Crippen molar-refractivity contribution in [2.75, 3.05) is 38.5 Å². The third kappa shape index (κ3) is 6.73. The Balaban J connectivity index is 0.00000364. The molecule has 1 atom stereocenters. The molecule has 0 radical (unpaired) electrons. The minimum absolute atomic E-state index is 0. The van der Waals surface area contributed by atoms with E-state index in [9.17, 15) is 13.2 Å². The van der Waals surface area contributed by atoms with Crippen molar-refractivity contribution in [1.82, 2.24) is 9.21 Å². The van der Waals surface area contributed by atoms with Gasteiger partial charge in [0, 0.05) is 26.2 Å². The summed E-state index contributed by atoms with van der Waals surface area (Å²) in [5.74, 6) is -0.212. The molecule has 9 heteroatoms. The van der Waals surface area contributed by atoms with E-state index < -0.39 is 16.1 Å². The smallest absolute Gasteiger partial charge is 0.244 e. The summed E-state index contributed by atoms with van der Waals surface area (Å²) in [5.41, 5.74) is 7.96. The van der Waals surface area contributed by atoms with Crippen LogP contribution in [0.15, 0.2) is 24.3 Å². The molecule has 0 aromatic heterocycles. The summed E-state index contributed by atoms with van der Waals surface area (Å²) >= 11 is 0. The molecule has 1 fully saturated rings. The summed E-state index contributed by atoms with van der Waals surface area (Å²) in [6, 6.07) is 6.83. The van der Waals surface area contributed by atoms with E-state index in [1.807, 2.05) is 45.0 Å². The van der Waals surface area contributed by atoms with Gasteiger partial charge in [0.05, 0.1) is 18.5 Å². The molecule has 1 aliphatic heterocycles. The van der Waals surface area contributed by atoms with Crippen molar-refractivity contribution in [1.29, 1.82) is 0 Å². The van der Waals surface area contributed by atoms with E-state index in [1.165, 1.54) is 4.31 Å². The highest BCUT2D eigenvalue weighted by molar-refractivity contribution is 7.89. The van der Waals surface area contributed by atoms with Crippen molar-refractivity contribution in [3.05, 3.63) is 35.4 Å². The SMILES string of the molecule is Cc1ccc(C(N)C(=O)N2CCN(S(=O)(=O)CCOC(C)C)CC2)cc1.Cl. The Morgan fingerprint density at radius 1 is 1.15 bits per heavy atom. The first-order valence-corrected chi connectivity index (χ1v) is 10.5. The maximum absolute atomic E-state index is 12.6. The number of aryl methyl sites for hydroxylation is 1. The number of carbonyl (C=O) groups is 1. The van der Waals surface area contributed by atoms with Crippen molar-refractivity contribution in [2.24, 2.45) is 5.73 Å². The Hall–Kier alpha value is -1.19. The van der Waals surface area contributed by atoms with Gasteiger partial charge in [-0.15, -0.1) is 12.4 Å². The molecule has 0 aliphatic carbocycles. The van der Waals surface area contributed by atoms with Gasteiger partial charge in [-0.25, -0.2) is 8.42 Å². The van der Waals surface area contributed by atoms with E-state index in [4.69, 9.17) is 10.5 Å². The predicted molar refractivity (Wildman–Crippen MR) is 108 cm³/mol. The van der Waals surface area contributed by atoms with Crippen molar-refractivity contribution in [3.63, 3.8) is 0 Å². The van der Waals surface area contributed by atoms with E-state index >= 15 is 0 Å². The fourth-order valence-electron chi connectivity index (χ4n) is 2.82. The van der Waals surface area contributed by atoms with E-state index in [1.54, 1.807) is 4.90 Å². The number of hydrogen-bond donors (Lipinski definition) is 1. The van der Waals surface area contributed by atoms with Crippen LogP contribution in [-0.4, -0.2) is 68.2 Å². The minimum Gasteiger partial charge on any atom is -0.378 e. The predicted octanol–water partition coefficient (Wildman–Crippen LogP) is 1.32. The highest BCUT2D eigenvalue weighted by Gasteiger charge is 2.30. The molecule has 1 saturated heterocycles. The molecule has 0 spiro atoms. The molecule has 7 nitrogen and oxygen atoms in total. The van der Waals surface area contributed by atoms with Gasteiger partial charge in [-0.1, -0.05) is 29.8 Å². The molecular formula is C18H30ClN3O4S. The number of sulfonamides is 1. The molecular weight excluding hydrogens is 390 g/mol. The zero-order valence-corrected chi connectivity index (χ0v) is 17.8. The number of ether oxygens (including phenoxy) is 1. The maximum atomic E-state index is 12.6. The van der Waals surface area contributed by atoms with Crippen LogP contribution in [0.2, 0.25) is 0 Å². The van der Waals surface area contributed by atoms with Gasteiger partial charge in [-0.05, 0) is 26.3 Å². The highest BCUT2D eigenvalue weighted by Crippen LogP contribution is 2.16. The first kappa shape index (κ1) is 23.8. The fraction of sp³-hybridized carbons (Fsp3) is 0.611. The van der Waals surface area contributed by atoms with Crippen molar-refractivity contribution >= 4 is 28.3 Å². The number of nitrogens with two attached hydrogens (primary N) is 1. The monoisotopic (exact) mass is 419 g/mol. The van der Waals surface area contributed by atoms with Crippen LogP contribution in [0.4, 0.5) is 0 Å². The molecule has 2 rings (SSSR count). The number of piperazine rings is 1. The number of halogens is 1. The highest BCUT2D eigenvalue weighted by atomic mass is 35.5. The zero-order valence-electron chi connectivity index (χ0n) is 16.1. The van der Waals surface area contributed by atoms with Gasteiger partial charge in [0.1, 0.15) is 6.04 Å². The summed E-state index contributed by atoms with van der Waals surface area (Å²) in [6.07, 6.45) is 0.00271. The lowest BCUT2D eigenvalue weighted by Crippen LogP contribution is -2.53. The van der Waals surface area contributed by atoms with Gasteiger partial charge in [0.25, 0.3) is 0 Å². The molecule has 154 valence electrons. The second-order valence-electron chi connectivity index (χ2n) is 6.85. The topological polar surface area (TPSA) is 92.9 Å². The van der Waals surface area contributed by atoms with Crippen LogP contribution < -0.4 is 5.73 Å². The van der Waals surface area contributed by atoms with E-state index in [-0.39, 0.29) is 49.9 Å². The van der Waals surface area contributed by atoms with Crippen LogP contribution in [0.25, 0.3) is 0 Å². The Morgan fingerprint density at radius 2 is 1.70 bits per heavy atom. The second-order valence-corrected chi connectivity index (χ2v) is 8.94. The summed E-state index contributed by atoms with van der Waals surface area (Å²) in [6.45, 7) is 7.17. The molecule has 1 aromatic carbocycles. The number of benzene rings is 1. The Kier molecular flexibility index (Phi) is 9.17. The summed E-state index contributed by atoms with van der Waals surface area (Å²) < 4.78 is 31.5. The van der Waals surface area contributed by atoms with Crippen molar-refractivity contribution in [2.45, 2.75) is 32.9 Å². The third-order valence-electron chi connectivity index (χ3n) is 4.44. The molecule has 1 aromatic rings. The number of carbonyl (C=O) groups excluding carboxylic acids is 1. The molecule has 0 saturated carbocycles. The van der Waals surface area contributed by atoms with Gasteiger partial charge in [0.15, 0.2) is 0 Å². The van der Waals surface area contributed by atoms with Gasteiger partial charge in [0.2, 0.25) is 15.9 Å². The number of amides is 1. The van der Waals surface area contributed by atoms with Crippen molar-refractivity contribution < 1.29 is 17.9 Å². The van der Waals surface area contributed by atoms with Crippen molar-refractivity contribution in [3.8, 4) is 0 Å². The number of rotatable bonds is 7. The molecule has 2 N–H and O–H groups in total. The van der Waals surface area contributed by atoms with Gasteiger partial charge < -0.3 is 15.4 Å². The standard InChI is InChI=1S/C18H29N3O4S.ClH/c1-14(2)25-12-13-26(23,24)21-10-8-20(9-11-21)18(22)17(19)16-6-4-15(3)5-7-16;/h4-7,14,17H,8-13,19H2,1-3H3;1H. The van der Waals surface area contributed by atoms with Gasteiger partial charge in [-0.2, -0.15) is 4.31 Å². The average molecular weight is 420 g/mol. The van der Waals surface area contributed by atoms with E-state index in [0.717, 1.165) is 11.1 Å². The van der Waals surface area contributed by atoms with Crippen LogP contribution in [0.5, 0.6) is 0 Å². The quantitative estimate of drug-likeness (QED) is 0.719. The van der Waals surface area contributed by atoms with Gasteiger partial charge >= 0.3 is 0 Å². The fourth-order valence-corrected chi connectivity index (χ4v) is 4.10. The molecule has 0 bridgehead atoms. The third-order valence-corrected chi connectivity index (χ3v) is 6.27. The Bertz CT molecular complexity index is 702. The Labute approximate surface area is 168 Å². The minimum atomic E-state index is -3.37. The van der Waals surface area contributed by atoms with E-state index in [0.29, 0.717) is 13.1 Å². The van der Waals surface area contributed by atoms with Crippen LogP contribution in [0.3, 0.4) is 0 Å². The second kappa shape index (κ2) is 10.4. The first-order chi connectivity index (χ1) is 12.2. The van der Waals surface area contributed by atoms with Crippen LogP contribution >= 0.6 is 12.4 Å². The number of hydrogen-bond acceptors (Lipinski definition) is 5. The molecule has 1 heterocycles. The number of nitrogens with zero attached hydrogens (tertiary/aromatic N) is 2. The zero-order chi connectivity index (χ0) is 19.3. The van der Waals surface area contributed by atoms with Gasteiger partial charge in [-0.3, -0.25) is 4.79 Å². The molecule has 1 aliphatic rings. The lowest BCUT2D eigenvalue weighted by molar-refractivity contribution is -0.133. The van der Waals surface area contributed by atoms with E-state index in [2.05, 4.69) is 0 Å². The Morgan fingerprint density at radius 3 is 2.22 bits per heavy atom.